The number of phenolic OH excluding ortho intramolecular Hbond substituents is 1. The van der Waals surface area contributed by atoms with Crippen LogP contribution in [0.3, 0.4) is 0 Å². The molecule has 0 heterocycles. The number of hydrogen-bond donors (Lipinski definition) is 4. The van der Waals surface area contributed by atoms with E-state index in [1.54, 1.807) is 24.3 Å². The molecular weight excluding hydrogens is 270 g/mol. The summed E-state index contributed by atoms with van der Waals surface area (Å²) in [6.45, 7) is 4.49. The third-order valence-corrected chi connectivity index (χ3v) is 2.86. The van der Waals surface area contributed by atoms with Gasteiger partial charge in [0.2, 0.25) is 11.8 Å². The minimum absolute atomic E-state index is 0.0746. The fourth-order valence-electron chi connectivity index (χ4n) is 1.66. The van der Waals surface area contributed by atoms with Crippen LogP contribution in [0.1, 0.15) is 19.4 Å². The average molecular weight is 293 g/mol. The second-order valence-electron chi connectivity index (χ2n) is 5.39. The summed E-state index contributed by atoms with van der Waals surface area (Å²) in [5.41, 5.74) is 6.64. The van der Waals surface area contributed by atoms with Crippen LogP contribution in [-0.4, -0.2) is 36.1 Å². The van der Waals surface area contributed by atoms with Crippen molar-refractivity contribution >= 4 is 11.8 Å². The molecular formula is C15H23N3O3. The Bertz CT molecular complexity index is 472. The van der Waals surface area contributed by atoms with E-state index in [2.05, 4.69) is 10.6 Å². The number of nitrogens with one attached hydrogen (secondary N) is 2. The van der Waals surface area contributed by atoms with Crippen molar-refractivity contribution < 1.29 is 14.7 Å². The molecule has 0 bridgehead atoms. The number of aromatic hydroxyl groups is 1. The molecule has 6 nitrogen and oxygen atoms in total. The monoisotopic (exact) mass is 293 g/mol. The lowest BCUT2D eigenvalue weighted by molar-refractivity contribution is -0.126. The van der Waals surface area contributed by atoms with Crippen molar-refractivity contribution in [2.24, 2.45) is 11.7 Å². The highest BCUT2D eigenvalue weighted by Gasteiger charge is 2.15. The fourth-order valence-corrected chi connectivity index (χ4v) is 1.66. The van der Waals surface area contributed by atoms with Crippen LogP contribution in [0.4, 0.5) is 0 Å². The second kappa shape index (κ2) is 8.26. The predicted octanol–water partition coefficient (Wildman–Crippen LogP) is 0.150. The maximum atomic E-state index is 11.8. The van der Waals surface area contributed by atoms with Crippen molar-refractivity contribution in [1.82, 2.24) is 10.6 Å². The highest BCUT2D eigenvalue weighted by atomic mass is 16.3. The van der Waals surface area contributed by atoms with Gasteiger partial charge in [-0.1, -0.05) is 26.0 Å². The highest BCUT2D eigenvalue weighted by Crippen LogP contribution is 2.10. The summed E-state index contributed by atoms with van der Waals surface area (Å²) >= 11 is 0. The Hall–Kier alpha value is -2.08. The van der Waals surface area contributed by atoms with Crippen LogP contribution in [0.5, 0.6) is 5.75 Å². The Labute approximate surface area is 124 Å². The first-order chi connectivity index (χ1) is 9.88. The molecule has 1 aromatic rings. The average Bonchev–Trinajstić information content (AvgIpc) is 2.44. The van der Waals surface area contributed by atoms with Crippen LogP contribution in [0, 0.1) is 5.92 Å². The van der Waals surface area contributed by atoms with Crippen LogP contribution < -0.4 is 16.4 Å². The maximum absolute atomic E-state index is 11.8. The van der Waals surface area contributed by atoms with Crippen LogP contribution in [0.15, 0.2) is 24.3 Å². The Morgan fingerprint density at radius 3 is 2.38 bits per heavy atom. The number of rotatable bonds is 7. The molecule has 1 atom stereocenters. The van der Waals surface area contributed by atoms with Crippen molar-refractivity contribution in [1.29, 1.82) is 0 Å². The summed E-state index contributed by atoms with van der Waals surface area (Å²) in [5.74, 6) is -0.0725. The molecule has 1 aromatic carbocycles. The van der Waals surface area contributed by atoms with Gasteiger partial charge in [-0.25, -0.2) is 0 Å². The number of phenols is 1. The normalized spacial score (nSPS) is 12.0. The molecule has 21 heavy (non-hydrogen) atoms. The van der Waals surface area contributed by atoms with E-state index in [9.17, 15) is 14.7 Å². The molecule has 0 aromatic heterocycles. The molecule has 0 unspecified atom stereocenters. The summed E-state index contributed by atoms with van der Waals surface area (Å²) in [7, 11) is 0. The van der Waals surface area contributed by atoms with Gasteiger partial charge in [0.15, 0.2) is 0 Å². The van der Waals surface area contributed by atoms with Crippen LogP contribution in [0.2, 0.25) is 0 Å². The molecule has 5 N–H and O–H groups in total. The zero-order chi connectivity index (χ0) is 15.8. The molecule has 0 aliphatic carbocycles. The molecule has 0 aliphatic rings. The van der Waals surface area contributed by atoms with E-state index in [1.807, 2.05) is 13.8 Å². The van der Waals surface area contributed by atoms with Gasteiger partial charge in [-0.05, 0) is 30.0 Å². The summed E-state index contributed by atoms with van der Waals surface area (Å²) in [6, 6.07) is 5.77. The third-order valence-electron chi connectivity index (χ3n) is 2.86. The first-order valence-electron chi connectivity index (χ1n) is 6.96. The SMILES string of the molecule is CC(C)CNC(=O)CNC(=O)[C@@H](N)Cc1ccc(O)cc1. The molecule has 0 saturated carbocycles. The lowest BCUT2D eigenvalue weighted by atomic mass is 10.1. The van der Waals surface area contributed by atoms with Crippen LogP contribution >= 0.6 is 0 Å². The zero-order valence-electron chi connectivity index (χ0n) is 12.4. The van der Waals surface area contributed by atoms with Crippen molar-refractivity contribution in [3.05, 3.63) is 29.8 Å². The number of carbonyl (C=O) groups is 2. The summed E-state index contributed by atoms with van der Waals surface area (Å²) < 4.78 is 0. The van der Waals surface area contributed by atoms with Crippen LogP contribution in [0.25, 0.3) is 0 Å². The smallest absolute Gasteiger partial charge is 0.239 e. The first kappa shape index (κ1) is 17.0. The van der Waals surface area contributed by atoms with Crippen molar-refractivity contribution in [3.63, 3.8) is 0 Å². The number of hydrogen-bond acceptors (Lipinski definition) is 4. The van der Waals surface area contributed by atoms with Gasteiger partial charge in [0.1, 0.15) is 5.75 Å². The van der Waals surface area contributed by atoms with E-state index in [4.69, 9.17) is 5.73 Å². The van der Waals surface area contributed by atoms with Gasteiger partial charge < -0.3 is 21.5 Å². The van der Waals surface area contributed by atoms with Gasteiger partial charge in [0.05, 0.1) is 12.6 Å². The lowest BCUT2D eigenvalue weighted by Gasteiger charge is -2.13. The Morgan fingerprint density at radius 1 is 1.19 bits per heavy atom. The number of nitrogens with two attached hydrogens (primary N) is 1. The Kier molecular flexibility index (Phi) is 6.68. The van der Waals surface area contributed by atoms with Crippen molar-refractivity contribution in [3.8, 4) is 5.75 Å². The molecule has 0 radical (unpaired) electrons. The predicted molar refractivity (Wildman–Crippen MR) is 80.6 cm³/mol. The molecule has 0 spiro atoms. The van der Waals surface area contributed by atoms with Crippen molar-refractivity contribution in [2.45, 2.75) is 26.3 Å². The van der Waals surface area contributed by atoms with Gasteiger partial charge >= 0.3 is 0 Å². The molecule has 2 amide bonds. The minimum atomic E-state index is -0.729. The molecule has 6 heteroatoms. The molecule has 0 saturated heterocycles. The van der Waals surface area contributed by atoms with Crippen molar-refractivity contribution in [2.75, 3.05) is 13.1 Å². The molecule has 0 fully saturated rings. The largest absolute Gasteiger partial charge is 0.508 e. The van der Waals surface area contributed by atoms with E-state index in [0.717, 1.165) is 5.56 Å². The maximum Gasteiger partial charge on any atom is 0.239 e. The lowest BCUT2D eigenvalue weighted by Crippen LogP contribution is -2.46. The van der Waals surface area contributed by atoms with E-state index in [0.29, 0.717) is 18.9 Å². The van der Waals surface area contributed by atoms with E-state index < -0.39 is 6.04 Å². The molecule has 0 aliphatic heterocycles. The minimum Gasteiger partial charge on any atom is -0.508 e. The van der Waals surface area contributed by atoms with E-state index >= 15 is 0 Å². The van der Waals surface area contributed by atoms with Gasteiger partial charge in [0.25, 0.3) is 0 Å². The topological polar surface area (TPSA) is 104 Å². The summed E-state index contributed by atoms with van der Waals surface area (Å²) in [6.07, 6.45) is 0.347. The van der Waals surface area contributed by atoms with Gasteiger partial charge in [0, 0.05) is 6.54 Å². The standard InChI is InChI=1S/C15H23N3O3/c1-10(2)8-17-14(20)9-18-15(21)13(16)7-11-3-5-12(19)6-4-11/h3-6,10,13,19H,7-9,16H2,1-2H3,(H,17,20)(H,18,21)/t13-/m0/s1. The summed E-state index contributed by atoms with van der Waals surface area (Å²) in [5, 5.41) is 14.4. The number of benzene rings is 1. The fraction of sp³-hybridized carbons (Fsp3) is 0.467. The second-order valence-corrected chi connectivity index (χ2v) is 5.39. The highest BCUT2D eigenvalue weighted by molar-refractivity contribution is 5.87. The first-order valence-corrected chi connectivity index (χ1v) is 6.96. The number of carbonyl (C=O) groups excluding carboxylic acids is 2. The van der Waals surface area contributed by atoms with Gasteiger partial charge in [-0.15, -0.1) is 0 Å². The van der Waals surface area contributed by atoms with Gasteiger partial charge in [-0.2, -0.15) is 0 Å². The Balaban J connectivity index is 2.34. The summed E-state index contributed by atoms with van der Waals surface area (Å²) in [4.78, 5) is 23.3. The molecule has 1 rings (SSSR count). The third kappa shape index (κ3) is 6.76. The van der Waals surface area contributed by atoms with Crippen LogP contribution in [-0.2, 0) is 16.0 Å². The van der Waals surface area contributed by atoms with Gasteiger partial charge in [-0.3, -0.25) is 9.59 Å². The Morgan fingerprint density at radius 2 is 1.81 bits per heavy atom. The van der Waals surface area contributed by atoms with E-state index in [1.165, 1.54) is 0 Å². The zero-order valence-corrected chi connectivity index (χ0v) is 12.4. The molecule has 116 valence electrons. The van der Waals surface area contributed by atoms with E-state index in [-0.39, 0.29) is 24.1 Å². The quantitative estimate of drug-likeness (QED) is 0.574. The number of amides is 2.